The van der Waals surface area contributed by atoms with Gasteiger partial charge in [0.1, 0.15) is 5.82 Å². The molecule has 1 aromatic carbocycles. The number of thioether (sulfide) groups is 2. The number of carbonyl (C=O) groups excluding carboxylic acids is 1. The van der Waals surface area contributed by atoms with Gasteiger partial charge in [0.05, 0.1) is 22.2 Å². The van der Waals surface area contributed by atoms with Crippen LogP contribution in [0, 0.1) is 13.8 Å². The molecular formula is C20H20Cl2N6OS2. The predicted molar refractivity (Wildman–Crippen MR) is 127 cm³/mol. The van der Waals surface area contributed by atoms with Crippen LogP contribution in [0.5, 0.6) is 0 Å². The number of allylic oxidation sites excluding steroid dienone is 1. The summed E-state index contributed by atoms with van der Waals surface area (Å²) in [7, 11) is 0. The average Bonchev–Trinajstić information content (AvgIpc) is 3.09. The van der Waals surface area contributed by atoms with Crippen molar-refractivity contribution in [3.63, 3.8) is 0 Å². The lowest BCUT2D eigenvalue weighted by Gasteiger charge is -2.09. The van der Waals surface area contributed by atoms with Crippen molar-refractivity contribution >= 4 is 58.3 Å². The maximum atomic E-state index is 12.4. The van der Waals surface area contributed by atoms with E-state index < -0.39 is 0 Å². The molecule has 0 unspecified atom stereocenters. The summed E-state index contributed by atoms with van der Waals surface area (Å²) in [5, 5.41) is 13.5. The molecule has 0 fully saturated rings. The van der Waals surface area contributed by atoms with Crippen molar-refractivity contribution in [2.75, 3.05) is 11.1 Å². The van der Waals surface area contributed by atoms with E-state index in [1.54, 1.807) is 24.3 Å². The summed E-state index contributed by atoms with van der Waals surface area (Å²) in [6.45, 7) is 8.21. The number of rotatable bonds is 9. The molecule has 0 aliphatic carbocycles. The van der Waals surface area contributed by atoms with Crippen molar-refractivity contribution in [3.8, 4) is 0 Å². The molecule has 0 saturated carbocycles. The second-order valence-electron chi connectivity index (χ2n) is 6.48. The number of aryl methyl sites for hydroxylation is 2. The highest BCUT2D eigenvalue weighted by Crippen LogP contribution is 2.27. The van der Waals surface area contributed by atoms with E-state index in [0.29, 0.717) is 38.3 Å². The number of nitrogens with zero attached hydrogens (tertiary/aromatic N) is 5. The molecule has 1 N–H and O–H groups in total. The summed E-state index contributed by atoms with van der Waals surface area (Å²) in [6.07, 6.45) is 1.76. The molecule has 1 amide bonds. The number of hydrogen-bond acceptors (Lipinski definition) is 7. The number of nitrogens with one attached hydrogen (secondary N) is 1. The zero-order valence-electron chi connectivity index (χ0n) is 16.9. The summed E-state index contributed by atoms with van der Waals surface area (Å²) >= 11 is 14.8. The lowest BCUT2D eigenvalue weighted by Crippen LogP contribution is -2.15. The molecular weight excluding hydrogens is 475 g/mol. The van der Waals surface area contributed by atoms with E-state index in [1.165, 1.54) is 23.5 Å². The van der Waals surface area contributed by atoms with Crippen LogP contribution in [0.4, 0.5) is 5.69 Å². The van der Waals surface area contributed by atoms with Crippen LogP contribution in [-0.4, -0.2) is 36.4 Å². The minimum absolute atomic E-state index is 0.144. The van der Waals surface area contributed by atoms with Gasteiger partial charge in [0.25, 0.3) is 0 Å². The fourth-order valence-corrected chi connectivity index (χ4v) is 4.63. The molecule has 0 aliphatic rings. The molecule has 3 rings (SSSR count). The third-order valence-corrected chi connectivity index (χ3v) is 6.31. The Balaban J connectivity index is 1.64. The molecule has 0 atom stereocenters. The SMILES string of the molecule is C=CCn1c(CSc2nc(C)cc(C)n2)nnc1SCC(=O)Nc1cc(Cl)ccc1Cl. The second kappa shape index (κ2) is 11.0. The van der Waals surface area contributed by atoms with Crippen LogP contribution < -0.4 is 5.32 Å². The topological polar surface area (TPSA) is 85.6 Å². The molecule has 7 nitrogen and oxygen atoms in total. The number of benzene rings is 1. The third-order valence-electron chi connectivity index (χ3n) is 3.93. The lowest BCUT2D eigenvalue weighted by molar-refractivity contribution is -0.113. The Hall–Kier alpha value is -2.07. The fourth-order valence-electron chi connectivity index (χ4n) is 2.64. The number of halogens is 2. The maximum Gasteiger partial charge on any atom is 0.234 e. The van der Waals surface area contributed by atoms with E-state index in [-0.39, 0.29) is 11.7 Å². The van der Waals surface area contributed by atoms with E-state index in [1.807, 2.05) is 24.5 Å². The number of aromatic nitrogens is 5. The van der Waals surface area contributed by atoms with Gasteiger partial charge in [0, 0.05) is 23.0 Å². The monoisotopic (exact) mass is 494 g/mol. The van der Waals surface area contributed by atoms with Gasteiger partial charge in [-0.25, -0.2) is 9.97 Å². The maximum absolute atomic E-state index is 12.4. The molecule has 11 heteroatoms. The van der Waals surface area contributed by atoms with Gasteiger partial charge in [-0.2, -0.15) is 0 Å². The van der Waals surface area contributed by atoms with Crippen LogP contribution in [0.1, 0.15) is 17.2 Å². The van der Waals surface area contributed by atoms with Crippen molar-refractivity contribution in [1.82, 2.24) is 24.7 Å². The Bertz CT molecular complexity index is 1090. The lowest BCUT2D eigenvalue weighted by atomic mass is 10.3. The van der Waals surface area contributed by atoms with Gasteiger partial charge in [-0.3, -0.25) is 4.79 Å². The summed E-state index contributed by atoms with van der Waals surface area (Å²) in [4.78, 5) is 21.2. The highest BCUT2D eigenvalue weighted by Gasteiger charge is 2.15. The molecule has 2 heterocycles. The first-order valence-electron chi connectivity index (χ1n) is 9.21. The van der Waals surface area contributed by atoms with Crippen LogP contribution in [0.3, 0.4) is 0 Å². The molecule has 31 heavy (non-hydrogen) atoms. The molecule has 3 aromatic rings. The Kier molecular flexibility index (Phi) is 8.36. The first kappa shape index (κ1) is 23.6. The fraction of sp³-hybridized carbons (Fsp3) is 0.250. The first-order chi connectivity index (χ1) is 14.9. The molecule has 0 aliphatic heterocycles. The zero-order chi connectivity index (χ0) is 22.4. The second-order valence-corrected chi connectivity index (χ2v) is 9.21. The number of amides is 1. The van der Waals surface area contributed by atoms with Crippen LogP contribution in [0.15, 0.2) is 47.2 Å². The molecule has 0 bridgehead atoms. The van der Waals surface area contributed by atoms with Gasteiger partial charge < -0.3 is 9.88 Å². The van der Waals surface area contributed by atoms with E-state index in [4.69, 9.17) is 23.2 Å². The van der Waals surface area contributed by atoms with Gasteiger partial charge in [0.15, 0.2) is 10.3 Å². The minimum atomic E-state index is -0.220. The van der Waals surface area contributed by atoms with Gasteiger partial charge in [-0.15, -0.1) is 16.8 Å². The van der Waals surface area contributed by atoms with Crippen LogP contribution >= 0.6 is 46.7 Å². The van der Waals surface area contributed by atoms with Crippen LogP contribution in [0.25, 0.3) is 0 Å². The molecule has 2 aromatic heterocycles. The van der Waals surface area contributed by atoms with Gasteiger partial charge in [-0.05, 0) is 38.1 Å². The number of carbonyl (C=O) groups is 1. The van der Waals surface area contributed by atoms with Crippen molar-refractivity contribution in [3.05, 3.63) is 64.2 Å². The predicted octanol–water partition coefficient (Wildman–Crippen LogP) is 5.20. The average molecular weight is 495 g/mol. The van der Waals surface area contributed by atoms with E-state index in [0.717, 1.165) is 17.2 Å². The molecule has 0 radical (unpaired) electrons. The Morgan fingerprint density at radius 3 is 2.61 bits per heavy atom. The van der Waals surface area contributed by atoms with Crippen molar-refractivity contribution in [2.24, 2.45) is 0 Å². The van der Waals surface area contributed by atoms with Gasteiger partial charge >= 0.3 is 0 Å². The number of hydrogen-bond donors (Lipinski definition) is 1. The highest BCUT2D eigenvalue weighted by atomic mass is 35.5. The summed E-state index contributed by atoms with van der Waals surface area (Å²) in [5.74, 6) is 1.23. The summed E-state index contributed by atoms with van der Waals surface area (Å²) in [6, 6.07) is 6.84. The normalized spacial score (nSPS) is 10.8. The standard InChI is InChI=1S/C20H20Cl2N6OS2/c1-4-7-28-17(10-30-19-23-12(2)8-13(3)24-19)26-27-20(28)31-11-18(29)25-16-9-14(21)5-6-15(16)22/h4-6,8-9H,1,7,10-11H2,2-3H3,(H,25,29). The van der Waals surface area contributed by atoms with Crippen molar-refractivity contribution < 1.29 is 4.79 Å². The van der Waals surface area contributed by atoms with Gasteiger partial charge in [-0.1, -0.05) is 52.8 Å². The van der Waals surface area contributed by atoms with E-state index >= 15 is 0 Å². The first-order valence-corrected chi connectivity index (χ1v) is 11.9. The number of anilines is 1. The third kappa shape index (κ3) is 6.70. The zero-order valence-corrected chi connectivity index (χ0v) is 20.1. The Morgan fingerprint density at radius 1 is 1.16 bits per heavy atom. The van der Waals surface area contributed by atoms with E-state index in [9.17, 15) is 4.79 Å². The van der Waals surface area contributed by atoms with Gasteiger partial charge in [0.2, 0.25) is 5.91 Å². The smallest absolute Gasteiger partial charge is 0.234 e. The van der Waals surface area contributed by atoms with Crippen molar-refractivity contribution in [2.45, 2.75) is 36.5 Å². The molecule has 0 saturated heterocycles. The molecule has 0 spiro atoms. The summed E-state index contributed by atoms with van der Waals surface area (Å²) < 4.78 is 1.92. The highest BCUT2D eigenvalue weighted by molar-refractivity contribution is 7.99. The Labute approximate surface area is 199 Å². The van der Waals surface area contributed by atoms with Crippen LogP contribution in [-0.2, 0) is 17.1 Å². The molecule has 162 valence electrons. The van der Waals surface area contributed by atoms with Crippen molar-refractivity contribution in [1.29, 1.82) is 0 Å². The quantitative estimate of drug-likeness (QED) is 0.248. The van der Waals surface area contributed by atoms with E-state index in [2.05, 4.69) is 32.1 Å². The minimum Gasteiger partial charge on any atom is -0.324 e. The summed E-state index contributed by atoms with van der Waals surface area (Å²) in [5.41, 5.74) is 2.31. The largest absolute Gasteiger partial charge is 0.324 e. The van der Waals surface area contributed by atoms with Crippen LogP contribution in [0.2, 0.25) is 10.0 Å². The Morgan fingerprint density at radius 2 is 1.90 bits per heavy atom.